The fourth-order valence-electron chi connectivity index (χ4n) is 0.856. The van der Waals surface area contributed by atoms with Gasteiger partial charge in [0.2, 0.25) is 11.9 Å². The minimum Gasteiger partial charge on any atom is -0.442 e. The fraction of sp³-hybridized carbons (Fsp3) is 0.700. The minimum absolute atomic E-state index is 0.0868. The Morgan fingerprint density at radius 1 is 1.41 bits per heavy atom. The molecule has 0 aliphatic carbocycles. The Morgan fingerprint density at radius 2 is 2.00 bits per heavy atom. The molecule has 0 heterocycles. The Morgan fingerprint density at radius 3 is 2.47 bits per heavy atom. The Labute approximate surface area is 100 Å². The van der Waals surface area contributed by atoms with Gasteiger partial charge in [0.25, 0.3) is 0 Å². The third kappa shape index (κ3) is 9.31. The van der Waals surface area contributed by atoms with E-state index in [2.05, 4.69) is 10.3 Å². The van der Waals surface area contributed by atoms with Crippen molar-refractivity contribution in [1.29, 1.82) is 0 Å². The number of ether oxygens (including phenoxy) is 1. The van der Waals surface area contributed by atoms with Crippen LogP contribution in [0.25, 0.3) is 0 Å². The highest BCUT2D eigenvalue weighted by atomic mass is 16.6. The predicted molar refractivity (Wildman–Crippen MR) is 62.3 cm³/mol. The molecule has 0 spiro atoms. The largest absolute Gasteiger partial charge is 0.442 e. The van der Waals surface area contributed by atoms with Crippen molar-refractivity contribution in [2.75, 3.05) is 6.61 Å². The van der Waals surface area contributed by atoms with Crippen LogP contribution in [0.1, 0.15) is 33.6 Å². The third-order valence-electron chi connectivity index (χ3n) is 1.43. The number of aliphatic hydroxyl groups is 1. The van der Waals surface area contributed by atoms with Crippen LogP contribution in [-0.4, -0.2) is 35.3 Å². The number of hydrogen-bond donors (Lipinski definition) is 3. The number of nitrogens with zero attached hydrogens (tertiary/aromatic N) is 1. The van der Waals surface area contributed by atoms with Gasteiger partial charge in [0.05, 0.1) is 0 Å². The van der Waals surface area contributed by atoms with Crippen molar-refractivity contribution in [2.45, 2.75) is 39.2 Å². The SMILES string of the molecule is CC(C)(C)OC(=O)N=C(N)NC(=O)CCCO. The zero-order chi connectivity index (χ0) is 13.5. The maximum absolute atomic E-state index is 11.2. The average molecular weight is 245 g/mol. The molecule has 0 aliphatic heterocycles. The molecule has 0 aromatic rings. The van der Waals surface area contributed by atoms with Crippen molar-refractivity contribution in [3.63, 3.8) is 0 Å². The van der Waals surface area contributed by atoms with Crippen molar-refractivity contribution in [1.82, 2.24) is 5.32 Å². The van der Waals surface area contributed by atoms with E-state index in [0.717, 1.165) is 0 Å². The van der Waals surface area contributed by atoms with Crippen LogP contribution in [0.15, 0.2) is 4.99 Å². The minimum atomic E-state index is -0.863. The van der Waals surface area contributed by atoms with E-state index in [-0.39, 0.29) is 19.0 Å². The summed E-state index contributed by atoms with van der Waals surface area (Å²) < 4.78 is 4.87. The van der Waals surface area contributed by atoms with Crippen molar-refractivity contribution >= 4 is 18.0 Å². The van der Waals surface area contributed by atoms with Crippen LogP contribution in [0.5, 0.6) is 0 Å². The van der Waals surface area contributed by atoms with E-state index in [4.69, 9.17) is 15.6 Å². The van der Waals surface area contributed by atoms with E-state index in [1.54, 1.807) is 20.8 Å². The highest BCUT2D eigenvalue weighted by Crippen LogP contribution is 2.07. The number of nitrogens with two attached hydrogens (primary N) is 1. The van der Waals surface area contributed by atoms with E-state index >= 15 is 0 Å². The predicted octanol–water partition coefficient (Wildman–Crippen LogP) is 0.125. The van der Waals surface area contributed by atoms with Gasteiger partial charge in [-0.25, -0.2) is 4.79 Å². The van der Waals surface area contributed by atoms with Gasteiger partial charge < -0.3 is 15.6 Å². The fourth-order valence-corrected chi connectivity index (χ4v) is 0.856. The van der Waals surface area contributed by atoms with E-state index < -0.39 is 17.6 Å². The summed E-state index contributed by atoms with van der Waals surface area (Å²) in [6.07, 6.45) is -0.426. The molecule has 0 rings (SSSR count). The molecule has 0 fully saturated rings. The summed E-state index contributed by atoms with van der Waals surface area (Å²) in [4.78, 5) is 25.7. The van der Waals surface area contributed by atoms with Gasteiger partial charge in [0.15, 0.2) is 0 Å². The zero-order valence-electron chi connectivity index (χ0n) is 10.3. The summed E-state index contributed by atoms with van der Waals surface area (Å²) in [6, 6.07) is 0. The molecule has 0 unspecified atom stereocenters. The molecule has 0 aromatic heterocycles. The van der Waals surface area contributed by atoms with Gasteiger partial charge in [-0.05, 0) is 27.2 Å². The van der Waals surface area contributed by atoms with Crippen molar-refractivity contribution in [3.05, 3.63) is 0 Å². The molecule has 0 bridgehead atoms. The van der Waals surface area contributed by atoms with E-state index in [1.165, 1.54) is 0 Å². The van der Waals surface area contributed by atoms with E-state index in [1.807, 2.05) is 0 Å². The van der Waals surface area contributed by atoms with Gasteiger partial charge >= 0.3 is 6.09 Å². The molecule has 0 atom stereocenters. The molecule has 4 N–H and O–H groups in total. The number of aliphatic hydroxyl groups excluding tert-OH is 1. The van der Waals surface area contributed by atoms with Crippen molar-refractivity contribution in [3.8, 4) is 0 Å². The number of nitrogens with one attached hydrogen (secondary N) is 1. The van der Waals surface area contributed by atoms with Gasteiger partial charge in [0.1, 0.15) is 5.60 Å². The highest BCUT2D eigenvalue weighted by Gasteiger charge is 2.16. The van der Waals surface area contributed by atoms with Crippen LogP contribution < -0.4 is 11.1 Å². The van der Waals surface area contributed by atoms with Crippen LogP contribution in [0, 0.1) is 0 Å². The molecule has 7 nitrogen and oxygen atoms in total. The van der Waals surface area contributed by atoms with Crippen LogP contribution in [-0.2, 0) is 9.53 Å². The lowest BCUT2D eigenvalue weighted by Gasteiger charge is -2.17. The standard InChI is InChI=1S/C10H19N3O4/c1-10(2,3)17-9(16)13-8(11)12-7(15)5-4-6-14/h14H,4-6H2,1-3H3,(H3,11,12,13,15,16). The lowest BCUT2D eigenvalue weighted by Crippen LogP contribution is -2.38. The number of amides is 2. The summed E-state index contributed by atoms with van der Waals surface area (Å²) in [5.41, 5.74) is 4.66. The Bertz CT molecular complexity index is 307. The molecular weight excluding hydrogens is 226 g/mol. The number of hydrogen-bond acceptors (Lipinski definition) is 4. The second kappa shape index (κ2) is 6.85. The molecule has 0 saturated heterocycles. The van der Waals surface area contributed by atoms with Crippen LogP contribution in [0.2, 0.25) is 0 Å². The second-order valence-corrected chi connectivity index (χ2v) is 4.35. The molecule has 0 aromatic carbocycles. The van der Waals surface area contributed by atoms with Gasteiger partial charge in [-0.15, -0.1) is 4.99 Å². The molecule has 98 valence electrons. The molecule has 17 heavy (non-hydrogen) atoms. The Hall–Kier alpha value is -1.63. The first kappa shape index (κ1) is 15.4. The quantitative estimate of drug-likeness (QED) is 0.483. The third-order valence-corrected chi connectivity index (χ3v) is 1.43. The maximum atomic E-state index is 11.2. The lowest BCUT2D eigenvalue weighted by molar-refractivity contribution is -0.119. The lowest BCUT2D eigenvalue weighted by atomic mass is 10.2. The topological polar surface area (TPSA) is 114 Å². The average Bonchev–Trinajstić information content (AvgIpc) is 2.10. The van der Waals surface area contributed by atoms with Gasteiger partial charge in [-0.2, -0.15) is 0 Å². The molecule has 0 aliphatic rings. The van der Waals surface area contributed by atoms with Crippen LogP contribution >= 0.6 is 0 Å². The Balaban J connectivity index is 4.17. The monoisotopic (exact) mass is 245 g/mol. The first-order chi connectivity index (χ1) is 7.74. The van der Waals surface area contributed by atoms with Gasteiger partial charge in [-0.3, -0.25) is 10.1 Å². The summed E-state index contributed by atoms with van der Waals surface area (Å²) >= 11 is 0. The molecule has 0 radical (unpaired) electrons. The molecule has 7 heteroatoms. The number of rotatable bonds is 3. The first-order valence-electron chi connectivity index (χ1n) is 5.22. The maximum Gasteiger partial charge on any atom is 0.437 e. The van der Waals surface area contributed by atoms with Gasteiger partial charge in [-0.1, -0.05) is 0 Å². The number of aliphatic imine (C=N–C) groups is 1. The molecule has 2 amide bonds. The zero-order valence-corrected chi connectivity index (χ0v) is 10.3. The second-order valence-electron chi connectivity index (χ2n) is 4.35. The van der Waals surface area contributed by atoms with E-state index in [0.29, 0.717) is 6.42 Å². The summed E-state index contributed by atoms with van der Waals surface area (Å²) in [5, 5.41) is 10.7. The van der Waals surface area contributed by atoms with Crippen molar-refractivity contribution in [2.24, 2.45) is 10.7 Å². The van der Waals surface area contributed by atoms with Crippen LogP contribution in [0.3, 0.4) is 0 Å². The van der Waals surface area contributed by atoms with Crippen LogP contribution in [0.4, 0.5) is 4.79 Å². The number of carbonyl (C=O) groups is 2. The highest BCUT2D eigenvalue weighted by molar-refractivity contribution is 6.00. The van der Waals surface area contributed by atoms with Crippen molar-refractivity contribution < 1.29 is 19.4 Å². The summed E-state index contributed by atoms with van der Waals surface area (Å²) in [6.45, 7) is 4.99. The van der Waals surface area contributed by atoms with E-state index in [9.17, 15) is 9.59 Å². The first-order valence-corrected chi connectivity index (χ1v) is 5.22. The Kier molecular flexibility index (Phi) is 6.19. The normalized spacial score (nSPS) is 12.1. The smallest absolute Gasteiger partial charge is 0.437 e. The summed E-state index contributed by atoms with van der Waals surface area (Å²) in [5.74, 6) is -0.731. The molecular formula is C10H19N3O4. The number of carbonyl (C=O) groups excluding carboxylic acids is 2. The van der Waals surface area contributed by atoms with Gasteiger partial charge in [0, 0.05) is 13.0 Å². The summed E-state index contributed by atoms with van der Waals surface area (Å²) in [7, 11) is 0. The number of guanidine groups is 1. The molecule has 0 saturated carbocycles.